The second-order valence-corrected chi connectivity index (χ2v) is 10.5. The van der Waals surface area contributed by atoms with E-state index in [4.69, 9.17) is 11.6 Å². The van der Waals surface area contributed by atoms with Gasteiger partial charge in [0.15, 0.2) is 0 Å². The Hall–Kier alpha value is -2.49. The van der Waals surface area contributed by atoms with Gasteiger partial charge in [0.1, 0.15) is 5.82 Å². The van der Waals surface area contributed by atoms with Gasteiger partial charge in [-0.25, -0.2) is 12.8 Å². The van der Waals surface area contributed by atoms with Crippen molar-refractivity contribution < 1.29 is 22.4 Å². The molecular weight excluding hydrogens is 469 g/mol. The lowest BCUT2D eigenvalue weighted by molar-refractivity contribution is 0.0533. The number of piperazine rings is 1. The van der Waals surface area contributed by atoms with Crippen LogP contribution in [0.15, 0.2) is 47.4 Å². The van der Waals surface area contributed by atoms with Gasteiger partial charge in [0.05, 0.1) is 21.0 Å². The van der Waals surface area contributed by atoms with Crippen molar-refractivity contribution in [2.75, 3.05) is 39.3 Å². The van der Waals surface area contributed by atoms with Crippen molar-refractivity contribution in [2.45, 2.75) is 24.2 Å². The highest BCUT2D eigenvalue weighted by atomic mass is 35.5. The number of halogens is 2. The molecule has 0 spiro atoms. The third kappa shape index (κ3) is 4.90. The maximum Gasteiger partial charge on any atom is 0.255 e. The van der Waals surface area contributed by atoms with Gasteiger partial charge in [0.2, 0.25) is 10.0 Å². The third-order valence-corrected chi connectivity index (χ3v) is 8.34. The molecule has 0 aliphatic carbocycles. The quantitative estimate of drug-likeness (QED) is 0.655. The number of benzene rings is 2. The molecule has 2 aromatic carbocycles. The van der Waals surface area contributed by atoms with Crippen LogP contribution in [0.3, 0.4) is 0 Å². The summed E-state index contributed by atoms with van der Waals surface area (Å²) in [7, 11) is -3.77. The van der Waals surface area contributed by atoms with Crippen molar-refractivity contribution in [3.8, 4) is 0 Å². The first-order valence-corrected chi connectivity index (χ1v) is 12.7. The average Bonchev–Trinajstić information content (AvgIpc) is 2.84. The van der Waals surface area contributed by atoms with Crippen LogP contribution in [0, 0.1) is 5.82 Å². The summed E-state index contributed by atoms with van der Waals surface area (Å²) >= 11 is 6.01. The van der Waals surface area contributed by atoms with Crippen LogP contribution in [0.25, 0.3) is 0 Å². The summed E-state index contributed by atoms with van der Waals surface area (Å²) in [5.41, 5.74) is 0.347. The van der Waals surface area contributed by atoms with Gasteiger partial charge in [-0.3, -0.25) is 9.59 Å². The molecule has 2 aromatic rings. The van der Waals surface area contributed by atoms with E-state index in [0.29, 0.717) is 13.1 Å². The summed E-state index contributed by atoms with van der Waals surface area (Å²) in [6.07, 6.45) is 2.62. The van der Waals surface area contributed by atoms with E-state index in [1.54, 1.807) is 21.9 Å². The van der Waals surface area contributed by atoms with Crippen LogP contribution >= 0.6 is 11.6 Å². The van der Waals surface area contributed by atoms with Crippen LogP contribution in [-0.2, 0) is 10.0 Å². The lowest BCUT2D eigenvalue weighted by Gasteiger charge is -2.35. The van der Waals surface area contributed by atoms with E-state index in [9.17, 15) is 22.4 Å². The highest BCUT2D eigenvalue weighted by Crippen LogP contribution is 2.25. The summed E-state index contributed by atoms with van der Waals surface area (Å²) in [5.74, 6) is -1.23. The highest BCUT2D eigenvalue weighted by Gasteiger charge is 2.33. The molecule has 7 nitrogen and oxygen atoms in total. The first-order chi connectivity index (χ1) is 15.8. The fraction of sp³-hybridized carbons (Fsp3) is 0.391. The second-order valence-electron chi connectivity index (χ2n) is 8.17. The van der Waals surface area contributed by atoms with Gasteiger partial charge < -0.3 is 9.80 Å². The Morgan fingerprint density at radius 3 is 1.97 bits per heavy atom. The van der Waals surface area contributed by atoms with Gasteiger partial charge in [-0.2, -0.15) is 4.31 Å². The molecule has 2 fully saturated rings. The molecule has 2 heterocycles. The van der Waals surface area contributed by atoms with Crippen molar-refractivity contribution >= 4 is 33.4 Å². The summed E-state index contributed by atoms with van der Waals surface area (Å²) in [5, 5.41) is 0.0374. The van der Waals surface area contributed by atoms with E-state index in [-0.39, 0.29) is 59.0 Å². The molecule has 176 valence electrons. The van der Waals surface area contributed by atoms with E-state index >= 15 is 0 Å². The topological polar surface area (TPSA) is 78.0 Å². The summed E-state index contributed by atoms with van der Waals surface area (Å²) in [6, 6.07) is 9.91. The smallest absolute Gasteiger partial charge is 0.255 e. The number of carbonyl (C=O) groups is 2. The van der Waals surface area contributed by atoms with Crippen LogP contribution < -0.4 is 0 Å². The van der Waals surface area contributed by atoms with Crippen LogP contribution in [0.1, 0.15) is 40.0 Å². The molecule has 0 atom stereocenters. The molecular formula is C23H25ClFN3O4S. The lowest BCUT2D eigenvalue weighted by Crippen LogP contribution is -2.51. The molecule has 10 heteroatoms. The maximum absolute atomic E-state index is 13.3. The van der Waals surface area contributed by atoms with Crippen molar-refractivity contribution in [1.82, 2.24) is 14.1 Å². The molecule has 4 rings (SSSR count). The number of sulfonamides is 1. The van der Waals surface area contributed by atoms with Gasteiger partial charge in [-0.1, -0.05) is 30.2 Å². The van der Waals surface area contributed by atoms with Gasteiger partial charge >= 0.3 is 0 Å². The Labute approximate surface area is 197 Å². The Morgan fingerprint density at radius 1 is 0.788 bits per heavy atom. The minimum absolute atomic E-state index is 0.0218. The number of nitrogens with zero attached hydrogens (tertiary/aromatic N) is 3. The molecule has 2 aliphatic rings. The number of piperidine rings is 1. The average molecular weight is 494 g/mol. The first kappa shape index (κ1) is 23.7. The van der Waals surface area contributed by atoms with E-state index < -0.39 is 15.8 Å². The van der Waals surface area contributed by atoms with E-state index in [0.717, 1.165) is 25.3 Å². The van der Waals surface area contributed by atoms with Crippen molar-refractivity contribution in [3.63, 3.8) is 0 Å². The molecule has 0 aromatic heterocycles. The molecule has 2 saturated heterocycles. The van der Waals surface area contributed by atoms with Crippen LogP contribution in [0.5, 0.6) is 0 Å². The van der Waals surface area contributed by atoms with Crippen LogP contribution in [0.2, 0.25) is 5.02 Å². The van der Waals surface area contributed by atoms with E-state index in [1.165, 1.54) is 28.6 Å². The molecule has 2 aliphatic heterocycles. The van der Waals surface area contributed by atoms with Crippen molar-refractivity contribution in [1.29, 1.82) is 0 Å². The summed E-state index contributed by atoms with van der Waals surface area (Å²) in [6.45, 7) is 1.94. The monoisotopic (exact) mass is 493 g/mol. The van der Waals surface area contributed by atoms with Gasteiger partial charge in [0.25, 0.3) is 11.8 Å². The van der Waals surface area contributed by atoms with Crippen molar-refractivity contribution in [2.24, 2.45) is 0 Å². The molecule has 0 N–H and O–H groups in total. The predicted molar refractivity (Wildman–Crippen MR) is 122 cm³/mol. The van der Waals surface area contributed by atoms with Crippen LogP contribution in [-0.4, -0.2) is 73.6 Å². The minimum Gasteiger partial charge on any atom is -0.335 e. The SMILES string of the molecule is O=C(c1ccc(F)cc1Cl)N1CCN(C(=O)c2ccccc2S(=O)(=O)N2CCCCC2)CC1. The fourth-order valence-corrected chi connectivity index (χ4v) is 6.18. The Balaban J connectivity index is 1.48. The third-order valence-electron chi connectivity index (χ3n) is 6.07. The number of amides is 2. The highest BCUT2D eigenvalue weighted by molar-refractivity contribution is 7.89. The zero-order valence-electron chi connectivity index (χ0n) is 18.0. The summed E-state index contributed by atoms with van der Waals surface area (Å²) in [4.78, 5) is 29.2. The Kier molecular flexibility index (Phi) is 7.02. The molecule has 33 heavy (non-hydrogen) atoms. The van der Waals surface area contributed by atoms with Crippen molar-refractivity contribution in [3.05, 3.63) is 64.4 Å². The van der Waals surface area contributed by atoms with Crippen LogP contribution in [0.4, 0.5) is 4.39 Å². The Morgan fingerprint density at radius 2 is 1.36 bits per heavy atom. The van der Waals surface area contributed by atoms with E-state index in [1.807, 2.05) is 0 Å². The Bertz CT molecular complexity index is 1160. The maximum atomic E-state index is 13.3. The number of rotatable bonds is 4. The predicted octanol–water partition coefficient (Wildman–Crippen LogP) is 3.25. The number of hydrogen-bond acceptors (Lipinski definition) is 4. The second kappa shape index (κ2) is 9.79. The number of hydrogen-bond donors (Lipinski definition) is 0. The molecule has 2 amide bonds. The zero-order chi connectivity index (χ0) is 23.6. The zero-order valence-corrected chi connectivity index (χ0v) is 19.6. The van der Waals surface area contributed by atoms with Gasteiger partial charge in [-0.05, 0) is 43.2 Å². The normalized spacial score (nSPS) is 17.8. The summed E-state index contributed by atoms with van der Waals surface area (Å²) < 4.78 is 41.2. The van der Waals surface area contributed by atoms with Gasteiger partial charge in [0, 0.05) is 39.3 Å². The van der Waals surface area contributed by atoms with Gasteiger partial charge in [-0.15, -0.1) is 0 Å². The number of carbonyl (C=O) groups excluding carboxylic acids is 2. The fourth-order valence-electron chi connectivity index (χ4n) is 4.23. The standard InChI is InChI=1S/C23H25ClFN3O4S/c24-20-16-17(25)8-9-18(20)22(29)26-12-14-27(15-13-26)23(30)19-6-2-3-7-21(19)33(31,32)28-10-4-1-5-11-28/h2-3,6-9,16H,1,4-5,10-15H2. The largest absolute Gasteiger partial charge is 0.335 e. The minimum atomic E-state index is -3.77. The van der Waals surface area contributed by atoms with E-state index in [2.05, 4.69) is 0 Å². The lowest BCUT2D eigenvalue weighted by atomic mass is 10.1. The molecule has 0 bridgehead atoms. The molecule has 0 radical (unpaired) electrons. The first-order valence-electron chi connectivity index (χ1n) is 10.9. The molecule has 0 saturated carbocycles. The molecule has 0 unspecified atom stereocenters.